The van der Waals surface area contributed by atoms with Crippen LogP contribution >= 0.6 is 0 Å². The lowest BCUT2D eigenvalue weighted by molar-refractivity contribution is -0.253. The average Bonchev–Trinajstić information content (AvgIpc) is 3.32. The van der Waals surface area contributed by atoms with Crippen molar-refractivity contribution in [2.24, 2.45) is 45.3 Å². The van der Waals surface area contributed by atoms with Crippen LogP contribution in [0.2, 0.25) is 0 Å². The molecule has 0 unspecified atom stereocenters. The predicted molar refractivity (Wildman–Crippen MR) is 180 cm³/mol. The molecule has 0 aromatic heterocycles. The molecule has 4 aliphatic carbocycles. The zero-order chi connectivity index (χ0) is 33.6. The summed E-state index contributed by atoms with van der Waals surface area (Å²) < 4.78 is 18.4. The summed E-state index contributed by atoms with van der Waals surface area (Å²) in [5.41, 5.74) is -1.09. The monoisotopic (exact) mass is 633 g/mol. The minimum atomic E-state index is -0.839. The number of fused-ring (bicyclic) bond motifs is 5. The van der Waals surface area contributed by atoms with Gasteiger partial charge in [-0.2, -0.15) is 0 Å². The lowest BCUT2D eigenvalue weighted by atomic mass is 9.35. The van der Waals surface area contributed by atoms with E-state index in [9.17, 15) is 14.7 Å². The summed E-state index contributed by atoms with van der Waals surface area (Å²) in [6.07, 6.45) is 11.8. The van der Waals surface area contributed by atoms with Crippen LogP contribution in [0.3, 0.4) is 0 Å². The van der Waals surface area contributed by atoms with E-state index in [2.05, 4.69) is 48.5 Å². The van der Waals surface area contributed by atoms with Crippen molar-refractivity contribution in [1.29, 1.82) is 0 Å². The molecular weight excluding hydrogens is 564 g/mol. The summed E-state index contributed by atoms with van der Waals surface area (Å²) in [5, 5.41) is 12.2. The molecule has 0 heterocycles. The fraction of sp³-hybridized carbons (Fsp3) is 0.949. The molecule has 0 radical (unpaired) electrons. The van der Waals surface area contributed by atoms with E-state index in [1.54, 1.807) is 7.11 Å². The van der Waals surface area contributed by atoms with Gasteiger partial charge in [0.2, 0.25) is 0 Å². The van der Waals surface area contributed by atoms with E-state index in [-0.39, 0.29) is 63.2 Å². The van der Waals surface area contributed by atoms with Gasteiger partial charge in [-0.1, -0.05) is 48.5 Å². The molecule has 1 N–H and O–H groups in total. The molecule has 0 bridgehead atoms. The number of ether oxygens (including phenoxy) is 3. The van der Waals surface area contributed by atoms with Crippen LogP contribution in [0.5, 0.6) is 0 Å². The van der Waals surface area contributed by atoms with Crippen LogP contribution in [0.25, 0.3) is 0 Å². The van der Waals surface area contributed by atoms with Crippen LogP contribution in [-0.4, -0.2) is 47.6 Å². The molecule has 4 aliphatic rings. The summed E-state index contributed by atoms with van der Waals surface area (Å²) >= 11 is 0. The van der Waals surface area contributed by atoms with E-state index in [0.717, 1.165) is 77.0 Å². The summed E-state index contributed by atoms with van der Waals surface area (Å²) in [7, 11) is 1.76. The van der Waals surface area contributed by atoms with Crippen LogP contribution in [0.15, 0.2) is 0 Å². The Morgan fingerprint density at radius 2 is 1.40 bits per heavy atom. The molecule has 0 aromatic rings. The number of aliphatic hydroxyl groups is 1. The van der Waals surface area contributed by atoms with Gasteiger partial charge >= 0.3 is 11.9 Å². The second kappa shape index (κ2) is 13.1. The number of methoxy groups -OCH3 is 1. The molecule has 4 rings (SSSR count). The predicted octanol–water partition coefficient (Wildman–Crippen LogP) is 9.05. The van der Waals surface area contributed by atoms with E-state index < -0.39 is 5.60 Å². The van der Waals surface area contributed by atoms with Crippen LogP contribution < -0.4 is 0 Å². The van der Waals surface area contributed by atoms with Crippen molar-refractivity contribution in [3.05, 3.63) is 0 Å². The Hall–Kier alpha value is -1.14. The Bertz CT molecular complexity index is 1060. The van der Waals surface area contributed by atoms with Crippen molar-refractivity contribution in [2.45, 2.75) is 183 Å². The Kier molecular flexibility index (Phi) is 10.6. The van der Waals surface area contributed by atoms with Crippen LogP contribution in [-0.2, 0) is 23.8 Å². The Labute approximate surface area is 275 Å². The van der Waals surface area contributed by atoms with E-state index in [1.807, 2.05) is 20.8 Å². The normalized spacial score (nSPS) is 40.4. The van der Waals surface area contributed by atoms with Crippen molar-refractivity contribution in [3.63, 3.8) is 0 Å². The molecule has 45 heavy (non-hydrogen) atoms. The van der Waals surface area contributed by atoms with Crippen molar-refractivity contribution in [2.75, 3.05) is 7.11 Å². The summed E-state index contributed by atoms with van der Waals surface area (Å²) in [4.78, 5) is 25.9. The van der Waals surface area contributed by atoms with Crippen LogP contribution in [0.1, 0.15) is 159 Å². The minimum Gasteiger partial charge on any atom is -0.462 e. The van der Waals surface area contributed by atoms with Gasteiger partial charge in [0.15, 0.2) is 0 Å². The molecule has 0 spiro atoms. The van der Waals surface area contributed by atoms with Gasteiger partial charge in [-0.05, 0) is 132 Å². The number of carbonyl (C=O) groups is 2. The van der Waals surface area contributed by atoms with Crippen LogP contribution in [0, 0.1) is 45.3 Å². The first-order valence-corrected chi connectivity index (χ1v) is 18.5. The molecule has 0 aromatic carbocycles. The second-order valence-electron chi connectivity index (χ2n) is 17.9. The molecule has 0 saturated heterocycles. The van der Waals surface area contributed by atoms with E-state index >= 15 is 0 Å². The number of hydrogen-bond donors (Lipinski definition) is 1. The molecule has 6 nitrogen and oxygen atoms in total. The van der Waals surface area contributed by atoms with Crippen molar-refractivity contribution in [1.82, 2.24) is 0 Å². The first-order chi connectivity index (χ1) is 20.8. The SMILES string of the molecule is CCCC(=O)O[C@H]1CC[C@]2(C)[C@H]3C[C@@H](OC(=O)CCC)[C@@H]4[C@@H]([C@](C)(O)CCCC(C)(C)OC)CC[C@@]4(C)[C@]3(C)CC[C@H]2C1(C)C. The number of esters is 2. The fourth-order valence-electron chi connectivity index (χ4n) is 11.7. The van der Waals surface area contributed by atoms with Gasteiger partial charge in [0.25, 0.3) is 0 Å². The number of rotatable bonds is 12. The van der Waals surface area contributed by atoms with Crippen LogP contribution in [0.4, 0.5) is 0 Å². The topological polar surface area (TPSA) is 82.1 Å². The lowest BCUT2D eigenvalue weighted by Gasteiger charge is -2.70. The van der Waals surface area contributed by atoms with Gasteiger partial charge in [-0.25, -0.2) is 0 Å². The highest BCUT2D eigenvalue weighted by Gasteiger charge is 2.72. The van der Waals surface area contributed by atoms with Gasteiger partial charge < -0.3 is 19.3 Å². The summed E-state index contributed by atoms with van der Waals surface area (Å²) in [6.45, 7) is 22.6. The largest absolute Gasteiger partial charge is 0.462 e. The van der Waals surface area contributed by atoms with Crippen molar-refractivity contribution in [3.8, 4) is 0 Å². The third-order valence-corrected chi connectivity index (χ3v) is 14.6. The maximum absolute atomic E-state index is 13.2. The smallest absolute Gasteiger partial charge is 0.306 e. The van der Waals surface area contributed by atoms with E-state index in [4.69, 9.17) is 14.2 Å². The first-order valence-electron chi connectivity index (χ1n) is 18.5. The Morgan fingerprint density at radius 1 is 0.800 bits per heavy atom. The van der Waals surface area contributed by atoms with E-state index in [0.29, 0.717) is 24.7 Å². The summed E-state index contributed by atoms with van der Waals surface area (Å²) in [6, 6.07) is 0. The zero-order valence-corrected chi connectivity index (χ0v) is 30.9. The zero-order valence-electron chi connectivity index (χ0n) is 30.9. The third-order valence-electron chi connectivity index (χ3n) is 14.6. The fourth-order valence-corrected chi connectivity index (χ4v) is 11.7. The highest BCUT2D eigenvalue weighted by atomic mass is 16.5. The van der Waals surface area contributed by atoms with Crippen molar-refractivity contribution < 1.29 is 28.9 Å². The van der Waals surface area contributed by atoms with Gasteiger partial charge in [0, 0.05) is 31.3 Å². The number of carbonyl (C=O) groups excluding carboxylic acids is 2. The third kappa shape index (κ3) is 6.51. The Balaban J connectivity index is 1.68. The van der Waals surface area contributed by atoms with Gasteiger partial charge in [0.05, 0.1) is 11.2 Å². The van der Waals surface area contributed by atoms with Gasteiger partial charge in [-0.3, -0.25) is 9.59 Å². The molecule has 260 valence electrons. The molecule has 4 fully saturated rings. The standard InChI is InChI=1S/C39H68O6/c1-12-15-31(40)44-27-25-29-36(7)22-19-30(45-32(41)16-13-2)35(5,6)28(36)18-24-37(29,8)38(9)23-17-26(33(27)38)39(10,42)21-14-20-34(3,4)43-11/h26-30,33,42H,12-25H2,1-11H3/t26-,27+,28-,29+,30-,33-,36-,37+,38+,39+/m0/s1. The summed E-state index contributed by atoms with van der Waals surface area (Å²) in [5.74, 6) is 0.871. The quantitative estimate of drug-likeness (QED) is 0.216. The molecular formula is C39H68O6. The average molecular weight is 633 g/mol. The maximum Gasteiger partial charge on any atom is 0.306 e. The lowest BCUT2D eigenvalue weighted by Crippen LogP contribution is -2.67. The Morgan fingerprint density at radius 3 is 2.00 bits per heavy atom. The number of hydrogen-bond acceptors (Lipinski definition) is 6. The highest BCUT2D eigenvalue weighted by Crippen LogP contribution is 2.76. The maximum atomic E-state index is 13.2. The highest BCUT2D eigenvalue weighted by molar-refractivity contribution is 5.70. The molecule has 10 atom stereocenters. The van der Waals surface area contributed by atoms with Crippen molar-refractivity contribution >= 4 is 11.9 Å². The van der Waals surface area contributed by atoms with Gasteiger partial charge in [0.1, 0.15) is 12.2 Å². The molecule has 0 amide bonds. The minimum absolute atomic E-state index is 0.0455. The molecule has 4 saturated carbocycles. The first kappa shape index (κ1) is 36.7. The second-order valence-corrected chi connectivity index (χ2v) is 17.9. The van der Waals surface area contributed by atoms with E-state index in [1.165, 1.54) is 0 Å². The molecule has 0 aliphatic heterocycles. The van der Waals surface area contributed by atoms with Gasteiger partial charge in [-0.15, -0.1) is 0 Å². The molecule has 6 heteroatoms.